The molecule has 0 aromatic heterocycles. The molecule has 3 N–H and O–H groups in total. The number of hydrogen-bond donors (Lipinski definition) is 3. The van der Waals surface area contributed by atoms with Crippen molar-refractivity contribution in [2.75, 3.05) is 52.6 Å². The molecule has 0 fully saturated rings. The number of ether oxygens (including phenoxy) is 1. The van der Waals surface area contributed by atoms with Gasteiger partial charge in [0.1, 0.15) is 6.61 Å². The van der Waals surface area contributed by atoms with Gasteiger partial charge in [-0.3, -0.25) is 4.79 Å². The Labute approximate surface area is 125 Å². The van der Waals surface area contributed by atoms with Gasteiger partial charge in [0.2, 0.25) is 5.91 Å². The standard InChI is InChI=1S/C14H27N2O5/c17-9-5-15(6-10-18)13(20)3-1-2-4-14-16(7-11-19)8-12-21-14/h17-19H,1-12H2/q+1. The Morgan fingerprint density at radius 1 is 1.14 bits per heavy atom. The number of nitrogens with zero attached hydrogens (tertiary/aromatic N) is 2. The predicted molar refractivity (Wildman–Crippen MR) is 77.3 cm³/mol. The van der Waals surface area contributed by atoms with E-state index in [-0.39, 0.29) is 38.8 Å². The van der Waals surface area contributed by atoms with E-state index >= 15 is 0 Å². The third-order valence-electron chi connectivity index (χ3n) is 3.48. The maximum absolute atomic E-state index is 11.9. The van der Waals surface area contributed by atoms with Crippen LogP contribution in [0.2, 0.25) is 0 Å². The second-order valence-electron chi connectivity index (χ2n) is 4.99. The van der Waals surface area contributed by atoms with Crippen molar-refractivity contribution in [2.24, 2.45) is 0 Å². The zero-order valence-electron chi connectivity index (χ0n) is 12.5. The highest BCUT2D eigenvalue weighted by Gasteiger charge is 2.22. The van der Waals surface area contributed by atoms with E-state index in [9.17, 15) is 4.79 Å². The molecule has 7 heteroatoms. The molecule has 1 rings (SSSR count). The fourth-order valence-electron chi connectivity index (χ4n) is 2.39. The van der Waals surface area contributed by atoms with Crippen molar-refractivity contribution in [1.82, 2.24) is 4.90 Å². The lowest BCUT2D eigenvalue weighted by Crippen LogP contribution is -2.35. The molecule has 0 aliphatic carbocycles. The van der Waals surface area contributed by atoms with Gasteiger partial charge in [0.15, 0.2) is 19.7 Å². The molecule has 0 saturated heterocycles. The molecule has 1 heterocycles. The first-order valence-electron chi connectivity index (χ1n) is 7.56. The molecule has 0 radical (unpaired) electrons. The molecule has 1 aliphatic rings. The lowest BCUT2D eigenvalue weighted by molar-refractivity contribution is -0.521. The van der Waals surface area contributed by atoms with Gasteiger partial charge in [-0.15, -0.1) is 0 Å². The molecule has 0 atom stereocenters. The van der Waals surface area contributed by atoms with Crippen molar-refractivity contribution >= 4 is 11.8 Å². The van der Waals surface area contributed by atoms with Crippen LogP contribution < -0.4 is 0 Å². The van der Waals surface area contributed by atoms with Crippen LogP contribution in [0.5, 0.6) is 0 Å². The molecule has 1 aliphatic heterocycles. The fourth-order valence-corrected chi connectivity index (χ4v) is 2.39. The summed E-state index contributed by atoms with van der Waals surface area (Å²) in [5.41, 5.74) is 0. The van der Waals surface area contributed by atoms with Gasteiger partial charge in [-0.05, 0) is 12.8 Å². The molecule has 0 aromatic carbocycles. The highest BCUT2D eigenvalue weighted by Crippen LogP contribution is 2.08. The van der Waals surface area contributed by atoms with E-state index in [4.69, 9.17) is 20.1 Å². The van der Waals surface area contributed by atoms with Crippen LogP contribution in [0.4, 0.5) is 0 Å². The summed E-state index contributed by atoms with van der Waals surface area (Å²) in [5, 5.41) is 26.7. The van der Waals surface area contributed by atoms with E-state index in [2.05, 4.69) is 0 Å². The van der Waals surface area contributed by atoms with Crippen molar-refractivity contribution in [3.05, 3.63) is 0 Å². The SMILES string of the molecule is O=C(CCCCC1=[N+](CCO)CCO1)N(CCO)CCO. The molecule has 0 saturated carbocycles. The van der Waals surface area contributed by atoms with Crippen LogP contribution in [0.1, 0.15) is 25.7 Å². The zero-order valence-corrected chi connectivity index (χ0v) is 12.5. The average Bonchev–Trinajstić information content (AvgIpc) is 2.91. The zero-order chi connectivity index (χ0) is 15.5. The molecule has 0 spiro atoms. The third-order valence-corrected chi connectivity index (χ3v) is 3.48. The van der Waals surface area contributed by atoms with Gasteiger partial charge in [0.25, 0.3) is 0 Å². The monoisotopic (exact) mass is 303 g/mol. The summed E-state index contributed by atoms with van der Waals surface area (Å²) in [7, 11) is 0. The Balaban J connectivity index is 2.26. The highest BCUT2D eigenvalue weighted by molar-refractivity contribution is 5.76. The molecule has 0 aromatic rings. The number of hydrogen-bond acceptors (Lipinski definition) is 5. The van der Waals surface area contributed by atoms with Gasteiger partial charge in [-0.1, -0.05) is 0 Å². The van der Waals surface area contributed by atoms with Crippen LogP contribution in [0.3, 0.4) is 0 Å². The van der Waals surface area contributed by atoms with Crippen LogP contribution in [0, 0.1) is 0 Å². The van der Waals surface area contributed by atoms with Crippen molar-refractivity contribution in [3.8, 4) is 0 Å². The van der Waals surface area contributed by atoms with Crippen LogP contribution in [-0.4, -0.2) is 89.2 Å². The van der Waals surface area contributed by atoms with Crippen molar-refractivity contribution in [2.45, 2.75) is 25.7 Å². The lowest BCUT2D eigenvalue weighted by atomic mass is 10.1. The number of carbonyl (C=O) groups is 1. The van der Waals surface area contributed by atoms with Crippen LogP contribution >= 0.6 is 0 Å². The molecule has 0 unspecified atom stereocenters. The topological polar surface area (TPSA) is 93.2 Å². The van der Waals surface area contributed by atoms with Gasteiger partial charge in [-0.25, -0.2) is 0 Å². The van der Waals surface area contributed by atoms with Gasteiger partial charge in [-0.2, -0.15) is 4.58 Å². The van der Waals surface area contributed by atoms with Crippen molar-refractivity contribution in [1.29, 1.82) is 0 Å². The molecule has 21 heavy (non-hydrogen) atoms. The minimum Gasteiger partial charge on any atom is -0.441 e. The van der Waals surface area contributed by atoms with Crippen molar-refractivity contribution < 1.29 is 29.4 Å². The Morgan fingerprint density at radius 2 is 1.86 bits per heavy atom. The lowest BCUT2D eigenvalue weighted by Gasteiger charge is -2.20. The fraction of sp³-hybridized carbons (Fsp3) is 0.857. The maximum Gasteiger partial charge on any atom is 0.336 e. The average molecular weight is 303 g/mol. The van der Waals surface area contributed by atoms with E-state index in [1.165, 1.54) is 4.90 Å². The molecule has 7 nitrogen and oxygen atoms in total. The van der Waals surface area contributed by atoms with Gasteiger partial charge < -0.3 is 25.0 Å². The largest absolute Gasteiger partial charge is 0.441 e. The number of β-amino-alcohol motifs (C(OH)–C–C–N with tert-alkyl or cyclic N) is 1. The Kier molecular flexibility index (Phi) is 8.96. The minimum atomic E-state index is -0.0897. The van der Waals surface area contributed by atoms with Crippen LogP contribution in [0.15, 0.2) is 0 Å². The van der Waals surface area contributed by atoms with E-state index in [1.807, 2.05) is 4.58 Å². The molecular formula is C14H27N2O5+. The summed E-state index contributed by atoms with van der Waals surface area (Å²) in [5.74, 6) is 0.863. The smallest absolute Gasteiger partial charge is 0.336 e. The summed E-state index contributed by atoms with van der Waals surface area (Å²) >= 11 is 0. The number of amides is 1. The van der Waals surface area contributed by atoms with Gasteiger partial charge in [0.05, 0.1) is 19.6 Å². The first-order valence-corrected chi connectivity index (χ1v) is 7.56. The Bertz CT molecular complexity index is 340. The number of aliphatic hydroxyl groups excluding tert-OH is 3. The number of unbranched alkanes of at least 4 members (excludes halogenated alkanes) is 1. The third kappa shape index (κ3) is 6.41. The molecule has 122 valence electrons. The van der Waals surface area contributed by atoms with Crippen LogP contribution in [-0.2, 0) is 9.53 Å². The van der Waals surface area contributed by atoms with Gasteiger partial charge in [0, 0.05) is 19.5 Å². The molecular weight excluding hydrogens is 276 g/mol. The van der Waals surface area contributed by atoms with E-state index < -0.39 is 0 Å². The quantitative estimate of drug-likeness (QED) is 0.329. The normalized spacial score (nSPS) is 14.4. The minimum absolute atomic E-state index is 0.0392. The van der Waals surface area contributed by atoms with Crippen molar-refractivity contribution in [3.63, 3.8) is 0 Å². The summed E-state index contributed by atoms with van der Waals surface area (Å²) in [4.78, 5) is 13.4. The number of carbonyl (C=O) groups excluding carboxylic acids is 1. The maximum atomic E-state index is 11.9. The predicted octanol–water partition coefficient (Wildman–Crippen LogP) is -1.21. The number of rotatable bonds is 11. The molecule has 0 bridgehead atoms. The summed E-state index contributed by atoms with van der Waals surface area (Å²) < 4.78 is 7.55. The van der Waals surface area contributed by atoms with E-state index in [0.717, 1.165) is 31.7 Å². The first-order chi connectivity index (χ1) is 10.2. The first kappa shape index (κ1) is 17.9. The van der Waals surface area contributed by atoms with Gasteiger partial charge >= 0.3 is 5.90 Å². The highest BCUT2D eigenvalue weighted by atomic mass is 16.5. The second kappa shape index (κ2) is 10.5. The van der Waals surface area contributed by atoms with Crippen LogP contribution in [0.25, 0.3) is 0 Å². The van der Waals surface area contributed by atoms with E-state index in [0.29, 0.717) is 19.6 Å². The van der Waals surface area contributed by atoms with E-state index in [1.54, 1.807) is 0 Å². The summed E-state index contributed by atoms with van der Waals surface area (Å²) in [6.07, 6.45) is 2.77. The summed E-state index contributed by atoms with van der Waals surface area (Å²) in [6, 6.07) is 0. The number of aliphatic hydroxyl groups is 3. The Morgan fingerprint density at radius 3 is 2.48 bits per heavy atom. The molecule has 1 amide bonds. The second-order valence-corrected chi connectivity index (χ2v) is 4.99. The summed E-state index contributed by atoms with van der Waals surface area (Å²) in [6.45, 7) is 2.54. The Hall–Kier alpha value is -1.18.